The van der Waals surface area contributed by atoms with Gasteiger partial charge in [0.25, 0.3) is 0 Å². The van der Waals surface area contributed by atoms with Crippen molar-refractivity contribution in [1.82, 2.24) is 0 Å². The molecule has 2 aromatic carbocycles. The maximum Gasteiger partial charge on any atom is 0.344 e. The number of esters is 1. The van der Waals surface area contributed by atoms with Crippen molar-refractivity contribution in [3.8, 4) is 5.75 Å². The molecule has 6 heteroatoms. The number of aliphatic hydroxyl groups excluding tert-OH is 1. The van der Waals surface area contributed by atoms with Crippen LogP contribution in [-0.4, -0.2) is 30.1 Å². The second-order valence-electron chi connectivity index (χ2n) is 5.16. The Balaban J connectivity index is 1.80. The lowest BCUT2D eigenvalue weighted by Crippen LogP contribution is -2.19. The van der Waals surface area contributed by atoms with Gasteiger partial charge in [-0.1, -0.05) is 41.9 Å². The first-order chi connectivity index (χ1) is 11.5. The van der Waals surface area contributed by atoms with Crippen molar-refractivity contribution in [2.75, 3.05) is 13.2 Å². The minimum Gasteiger partial charge on any atom is -0.480 e. The number of halogens is 1. The lowest BCUT2D eigenvalue weighted by atomic mass is 10.1. The van der Waals surface area contributed by atoms with E-state index in [9.17, 15) is 9.59 Å². The Bertz CT molecular complexity index is 725. The van der Waals surface area contributed by atoms with Crippen molar-refractivity contribution < 1.29 is 24.2 Å². The number of Topliss-reactive ketones (excluding diaryl/α,β-unsaturated/α-hetero) is 1. The van der Waals surface area contributed by atoms with Crippen LogP contribution in [0.15, 0.2) is 42.5 Å². The minimum absolute atomic E-state index is 0.0949. The predicted molar refractivity (Wildman–Crippen MR) is 89.3 cm³/mol. The van der Waals surface area contributed by atoms with Crippen molar-refractivity contribution in [2.24, 2.45) is 0 Å². The van der Waals surface area contributed by atoms with Crippen molar-refractivity contribution in [3.63, 3.8) is 0 Å². The highest BCUT2D eigenvalue weighted by atomic mass is 35.5. The lowest BCUT2D eigenvalue weighted by molar-refractivity contribution is -0.144. The van der Waals surface area contributed by atoms with E-state index >= 15 is 0 Å². The molecular formula is C18H17ClO5. The third-order valence-corrected chi connectivity index (χ3v) is 3.55. The number of hydrogen-bond acceptors (Lipinski definition) is 5. The van der Waals surface area contributed by atoms with Gasteiger partial charge in [0, 0.05) is 5.56 Å². The normalized spacial score (nSPS) is 10.3. The van der Waals surface area contributed by atoms with Gasteiger partial charge in [0.15, 0.2) is 19.0 Å². The molecule has 2 rings (SSSR count). The SMILES string of the molecule is Cc1ccc(OCC(=O)OCC(=O)c2ccc(CO)cc2)c(Cl)c1. The first kappa shape index (κ1) is 18.0. The van der Waals surface area contributed by atoms with E-state index < -0.39 is 5.97 Å². The van der Waals surface area contributed by atoms with Gasteiger partial charge in [-0.2, -0.15) is 0 Å². The van der Waals surface area contributed by atoms with Crippen LogP contribution in [0, 0.1) is 6.92 Å². The van der Waals surface area contributed by atoms with Gasteiger partial charge < -0.3 is 14.6 Å². The summed E-state index contributed by atoms with van der Waals surface area (Å²) < 4.78 is 10.2. The van der Waals surface area contributed by atoms with Crippen LogP contribution in [-0.2, 0) is 16.1 Å². The Morgan fingerprint density at radius 1 is 1.08 bits per heavy atom. The molecule has 0 saturated heterocycles. The largest absolute Gasteiger partial charge is 0.480 e. The summed E-state index contributed by atoms with van der Waals surface area (Å²) in [6.07, 6.45) is 0. The molecule has 0 heterocycles. The maximum absolute atomic E-state index is 11.9. The van der Waals surface area contributed by atoms with E-state index in [1.165, 1.54) is 0 Å². The second-order valence-corrected chi connectivity index (χ2v) is 5.57. The summed E-state index contributed by atoms with van der Waals surface area (Å²) in [6, 6.07) is 11.6. The third-order valence-electron chi connectivity index (χ3n) is 3.26. The molecule has 0 aliphatic rings. The molecule has 0 aliphatic carbocycles. The van der Waals surface area contributed by atoms with Crippen LogP contribution in [0.25, 0.3) is 0 Å². The minimum atomic E-state index is -0.660. The van der Waals surface area contributed by atoms with E-state index in [0.29, 0.717) is 21.9 Å². The molecule has 0 aliphatic heterocycles. The summed E-state index contributed by atoms with van der Waals surface area (Å²) in [5, 5.41) is 9.36. The van der Waals surface area contributed by atoms with Crippen molar-refractivity contribution in [2.45, 2.75) is 13.5 Å². The molecule has 0 bridgehead atoms. The van der Waals surface area contributed by atoms with Gasteiger partial charge in [0.1, 0.15) is 5.75 Å². The van der Waals surface area contributed by atoms with E-state index in [2.05, 4.69) is 0 Å². The van der Waals surface area contributed by atoms with E-state index in [4.69, 9.17) is 26.2 Å². The first-order valence-electron chi connectivity index (χ1n) is 7.27. The van der Waals surface area contributed by atoms with Gasteiger partial charge in [0.05, 0.1) is 11.6 Å². The number of carbonyl (C=O) groups is 2. The Morgan fingerprint density at radius 2 is 1.79 bits per heavy atom. The average Bonchev–Trinajstić information content (AvgIpc) is 2.59. The number of benzene rings is 2. The molecular weight excluding hydrogens is 332 g/mol. The standard InChI is InChI=1S/C18H17ClO5/c1-12-2-7-17(15(19)8-12)23-11-18(22)24-10-16(21)14-5-3-13(9-20)4-6-14/h2-8,20H,9-11H2,1H3. The van der Waals surface area contributed by atoms with Crippen molar-refractivity contribution in [3.05, 3.63) is 64.2 Å². The van der Waals surface area contributed by atoms with Gasteiger partial charge in [-0.05, 0) is 30.2 Å². The number of carbonyl (C=O) groups excluding carboxylic acids is 2. The Hall–Kier alpha value is -2.37. The molecule has 0 spiro atoms. The quantitative estimate of drug-likeness (QED) is 0.615. The monoisotopic (exact) mass is 348 g/mol. The molecule has 1 N–H and O–H groups in total. The van der Waals surface area contributed by atoms with Crippen LogP contribution in [0.5, 0.6) is 5.75 Å². The number of aryl methyl sites for hydroxylation is 1. The predicted octanol–water partition coefficient (Wildman–Crippen LogP) is 2.95. The average molecular weight is 349 g/mol. The number of hydrogen-bond donors (Lipinski definition) is 1. The zero-order valence-electron chi connectivity index (χ0n) is 13.1. The van der Waals surface area contributed by atoms with E-state index in [1.54, 1.807) is 36.4 Å². The summed E-state index contributed by atoms with van der Waals surface area (Å²) in [7, 11) is 0. The van der Waals surface area contributed by atoms with E-state index in [1.807, 2.05) is 13.0 Å². The Kier molecular flexibility index (Phi) is 6.35. The number of ether oxygens (including phenoxy) is 2. The fraction of sp³-hybridized carbons (Fsp3) is 0.222. The summed E-state index contributed by atoms with van der Waals surface area (Å²) in [4.78, 5) is 23.6. The molecule has 0 unspecified atom stereocenters. The molecule has 0 fully saturated rings. The van der Waals surface area contributed by atoms with Gasteiger partial charge >= 0.3 is 5.97 Å². The summed E-state index contributed by atoms with van der Waals surface area (Å²) in [5.41, 5.74) is 2.09. The van der Waals surface area contributed by atoms with Crippen LogP contribution in [0.2, 0.25) is 5.02 Å². The highest BCUT2D eigenvalue weighted by Crippen LogP contribution is 2.24. The van der Waals surface area contributed by atoms with Gasteiger partial charge in [0.2, 0.25) is 0 Å². The number of rotatable bonds is 7. The topological polar surface area (TPSA) is 72.8 Å². The Labute approximate surface area is 144 Å². The number of ketones is 1. The summed E-state index contributed by atoms with van der Waals surface area (Å²) >= 11 is 6.00. The number of aliphatic hydroxyl groups is 1. The molecule has 126 valence electrons. The fourth-order valence-electron chi connectivity index (χ4n) is 1.93. The molecule has 0 atom stereocenters. The Morgan fingerprint density at radius 3 is 2.42 bits per heavy atom. The highest BCUT2D eigenvalue weighted by Gasteiger charge is 2.11. The molecule has 5 nitrogen and oxygen atoms in total. The molecule has 0 saturated carbocycles. The van der Waals surface area contributed by atoms with Crippen LogP contribution >= 0.6 is 11.6 Å². The summed E-state index contributed by atoms with van der Waals surface area (Å²) in [5.74, 6) is -0.613. The molecule has 0 radical (unpaired) electrons. The lowest BCUT2D eigenvalue weighted by Gasteiger charge is -2.08. The molecule has 0 aromatic heterocycles. The van der Waals surface area contributed by atoms with Gasteiger partial charge in [-0.25, -0.2) is 4.79 Å². The van der Waals surface area contributed by atoms with Crippen molar-refractivity contribution >= 4 is 23.4 Å². The molecule has 0 amide bonds. The van der Waals surface area contributed by atoms with E-state index in [0.717, 1.165) is 5.56 Å². The zero-order chi connectivity index (χ0) is 17.5. The maximum atomic E-state index is 11.9. The highest BCUT2D eigenvalue weighted by molar-refractivity contribution is 6.32. The van der Waals surface area contributed by atoms with Gasteiger partial charge in [-0.15, -0.1) is 0 Å². The van der Waals surface area contributed by atoms with Crippen LogP contribution in [0.4, 0.5) is 0 Å². The van der Waals surface area contributed by atoms with E-state index in [-0.39, 0.29) is 25.6 Å². The summed E-state index contributed by atoms with van der Waals surface area (Å²) in [6.45, 7) is 1.09. The van der Waals surface area contributed by atoms with Crippen LogP contribution in [0.1, 0.15) is 21.5 Å². The van der Waals surface area contributed by atoms with Crippen LogP contribution < -0.4 is 4.74 Å². The van der Waals surface area contributed by atoms with Gasteiger partial charge in [-0.3, -0.25) is 4.79 Å². The zero-order valence-corrected chi connectivity index (χ0v) is 13.9. The van der Waals surface area contributed by atoms with Crippen molar-refractivity contribution in [1.29, 1.82) is 0 Å². The second kappa shape index (κ2) is 8.47. The first-order valence-corrected chi connectivity index (χ1v) is 7.65. The third kappa shape index (κ3) is 5.08. The smallest absolute Gasteiger partial charge is 0.344 e. The molecule has 2 aromatic rings. The molecule has 24 heavy (non-hydrogen) atoms. The van der Waals surface area contributed by atoms with Crippen LogP contribution in [0.3, 0.4) is 0 Å². The fourth-order valence-corrected chi connectivity index (χ4v) is 2.22.